The third-order valence-electron chi connectivity index (χ3n) is 4.69. The van der Waals surface area contributed by atoms with Crippen molar-refractivity contribution in [3.05, 3.63) is 35.4 Å². The number of amides is 1. The first-order valence-corrected chi connectivity index (χ1v) is 7.46. The van der Waals surface area contributed by atoms with Gasteiger partial charge in [0.05, 0.1) is 23.3 Å². The molecular weight excluding hydrogens is 280 g/mol. The van der Waals surface area contributed by atoms with Gasteiger partial charge >= 0.3 is 0 Å². The fraction of sp³-hybridized carbons (Fsp3) is 0.529. The number of nitriles is 1. The Balaban J connectivity index is 1.98. The van der Waals surface area contributed by atoms with Gasteiger partial charge in [0.2, 0.25) is 0 Å². The molecule has 1 fully saturated rings. The number of nitrogens with zero attached hydrogens (tertiary/aromatic N) is 1. The molecule has 2 N–H and O–H groups in total. The lowest BCUT2D eigenvalue weighted by Crippen LogP contribution is -2.68. The molecule has 2 atom stereocenters. The van der Waals surface area contributed by atoms with E-state index in [9.17, 15) is 9.90 Å². The van der Waals surface area contributed by atoms with Crippen LogP contribution in [0.25, 0.3) is 0 Å². The molecule has 22 heavy (non-hydrogen) atoms. The Morgan fingerprint density at radius 1 is 1.55 bits per heavy atom. The number of nitrogens with one attached hydrogen (secondary N) is 1. The van der Waals surface area contributed by atoms with Crippen LogP contribution in [0.15, 0.2) is 24.3 Å². The van der Waals surface area contributed by atoms with Crippen LogP contribution < -0.4 is 5.32 Å². The minimum absolute atomic E-state index is 0.00122. The summed E-state index contributed by atoms with van der Waals surface area (Å²) < 4.78 is 5.60. The summed E-state index contributed by atoms with van der Waals surface area (Å²) in [5, 5.41) is 22.3. The highest BCUT2D eigenvalue weighted by molar-refractivity contribution is 5.94. The molecule has 1 saturated carbocycles. The molecule has 1 amide bonds. The van der Waals surface area contributed by atoms with Crippen LogP contribution in [0.2, 0.25) is 0 Å². The van der Waals surface area contributed by atoms with Crippen molar-refractivity contribution in [3.63, 3.8) is 0 Å². The van der Waals surface area contributed by atoms with Crippen molar-refractivity contribution in [2.75, 3.05) is 13.2 Å². The van der Waals surface area contributed by atoms with Crippen LogP contribution >= 0.6 is 0 Å². The molecule has 0 heterocycles. The number of aliphatic hydroxyl groups is 1. The van der Waals surface area contributed by atoms with Gasteiger partial charge in [0.15, 0.2) is 0 Å². The Kier molecular flexibility index (Phi) is 4.55. The minimum Gasteiger partial charge on any atom is -0.387 e. The van der Waals surface area contributed by atoms with Gasteiger partial charge in [0.1, 0.15) is 0 Å². The number of ether oxygens (including phenoxy) is 1. The van der Waals surface area contributed by atoms with E-state index < -0.39 is 11.0 Å². The summed E-state index contributed by atoms with van der Waals surface area (Å²) >= 11 is 0. The summed E-state index contributed by atoms with van der Waals surface area (Å²) in [7, 11) is 0. The zero-order chi connectivity index (χ0) is 16.4. The van der Waals surface area contributed by atoms with Crippen LogP contribution in [0.5, 0.6) is 0 Å². The van der Waals surface area contributed by atoms with Crippen LogP contribution in [-0.4, -0.2) is 35.9 Å². The maximum absolute atomic E-state index is 12.2. The minimum atomic E-state index is -0.977. The van der Waals surface area contributed by atoms with Crippen LogP contribution in [0.4, 0.5) is 0 Å². The second-order valence-corrected chi connectivity index (χ2v) is 6.28. The SMILES string of the molecule is CCO[C@H]1C[C@](O)(CNC(=O)c2cccc(C#N)c2)C1(C)C. The Bertz CT molecular complexity index is 606. The first-order chi connectivity index (χ1) is 10.3. The van der Waals surface area contributed by atoms with Crippen molar-refractivity contribution in [1.29, 1.82) is 5.26 Å². The van der Waals surface area contributed by atoms with E-state index in [1.54, 1.807) is 18.2 Å². The highest BCUT2D eigenvalue weighted by atomic mass is 16.5. The van der Waals surface area contributed by atoms with Gasteiger partial charge in [-0.1, -0.05) is 19.9 Å². The summed E-state index contributed by atoms with van der Waals surface area (Å²) in [5.41, 5.74) is -0.534. The van der Waals surface area contributed by atoms with Gasteiger partial charge in [0.25, 0.3) is 5.91 Å². The second-order valence-electron chi connectivity index (χ2n) is 6.28. The van der Waals surface area contributed by atoms with E-state index in [2.05, 4.69) is 5.32 Å². The zero-order valence-corrected chi connectivity index (χ0v) is 13.2. The van der Waals surface area contributed by atoms with Crippen molar-refractivity contribution in [2.24, 2.45) is 5.41 Å². The highest BCUT2D eigenvalue weighted by Crippen LogP contribution is 2.50. The van der Waals surface area contributed by atoms with E-state index >= 15 is 0 Å². The van der Waals surface area contributed by atoms with Gasteiger partial charge in [0, 0.05) is 30.6 Å². The molecule has 0 radical (unpaired) electrons. The molecule has 1 aromatic carbocycles. The van der Waals surface area contributed by atoms with Crippen molar-refractivity contribution >= 4 is 5.91 Å². The Labute approximate surface area is 130 Å². The lowest BCUT2D eigenvalue weighted by molar-refractivity contribution is -0.237. The molecule has 5 nitrogen and oxygen atoms in total. The van der Waals surface area contributed by atoms with Gasteiger partial charge in [-0.05, 0) is 25.1 Å². The number of hydrogen-bond acceptors (Lipinski definition) is 4. The van der Waals surface area contributed by atoms with Crippen LogP contribution in [0.3, 0.4) is 0 Å². The maximum atomic E-state index is 12.2. The third kappa shape index (κ3) is 2.85. The second kappa shape index (κ2) is 6.07. The summed E-state index contributed by atoms with van der Waals surface area (Å²) in [5.74, 6) is -0.291. The van der Waals surface area contributed by atoms with Crippen LogP contribution in [-0.2, 0) is 4.74 Å². The standard InChI is InChI=1S/C17H22N2O3/c1-4-22-14-9-17(21,16(14,2)3)11-19-15(20)13-7-5-6-12(8-13)10-18/h5-8,14,21H,4,9,11H2,1-3H3,(H,19,20)/t14-,17-/m0/s1. The van der Waals surface area contributed by atoms with Crippen LogP contribution in [0, 0.1) is 16.7 Å². The van der Waals surface area contributed by atoms with E-state index in [0.29, 0.717) is 24.2 Å². The van der Waals surface area contributed by atoms with E-state index in [4.69, 9.17) is 10.00 Å². The first-order valence-electron chi connectivity index (χ1n) is 7.46. The maximum Gasteiger partial charge on any atom is 0.251 e. The number of hydrogen-bond donors (Lipinski definition) is 2. The van der Waals surface area contributed by atoms with Gasteiger partial charge < -0.3 is 15.2 Å². The summed E-state index contributed by atoms with van der Waals surface area (Å²) in [6.45, 7) is 6.59. The van der Waals surface area contributed by atoms with E-state index in [0.717, 1.165) is 0 Å². The van der Waals surface area contributed by atoms with E-state index in [1.165, 1.54) is 6.07 Å². The number of carbonyl (C=O) groups excluding carboxylic acids is 1. The molecule has 1 aliphatic carbocycles. The summed E-state index contributed by atoms with van der Waals surface area (Å²) in [6.07, 6.45) is 0.508. The number of benzene rings is 1. The molecule has 0 bridgehead atoms. The van der Waals surface area contributed by atoms with E-state index in [-0.39, 0.29) is 18.6 Å². The molecular formula is C17H22N2O3. The zero-order valence-electron chi connectivity index (χ0n) is 13.2. The normalized spacial score (nSPS) is 25.9. The summed E-state index contributed by atoms with van der Waals surface area (Å²) in [6, 6.07) is 8.50. The molecule has 1 aromatic rings. The molecule has 0 spiro atoms. The average Bonchev–Trinajstić information content (AvgIpc) is 2.52. The van der Waals surface area contributed by atoms with Gasteiger partial charge in [-0.15, -0.1) is 0 Å². The third-order valence-corrected chi connectivity index (χ3v) is 4.69. The molecule has 0 aliphatic heterocycles. The van der Waals surface area contributed by atoms with Gasteiger partial charge in [-0.2, -0.15) is 5.26 Å². The fourth-order valence-electron chi connectivity index (χ4n) is 2.82. The lowest BCUT2D eigenvalue weighted by atomic mass is 9.56. The van der Waals surface area contributed by atoms with E-state index in [1.807, 2.05) is 26.8 Å². The molecule has 2 rings (SSSR count). The topological polar surface area (TPSA) is 82.3 Å². The predicted molar refractivity (Wildman–Crippen MR) is 82.3 cm³/mol. The molecule has 0 aromatic heterocycles. The largest absolute Gasteiger partial charge is 0.387 e. The highest BCUT2D eigenvalue weighted by Gasteiger charge is 2.59. The van der Waals surface area contributed by atoms with Crippen molar-refractivity contribution < 1.29 is 14.6 Å². The fourth-order valence-corrected chi connectivity index (χ4v) is 2.82. The average molecular weight is 302 g/mol. The quantitative estimate of drug-likeness (QED) is 0.869. The van der Waals surface area contributed by atoms with Crippen LogP contribution in [0.1, 0.15) is 43.1 Å². The lowest BCUT2D eigenvalue weighted by Gasteiger charge is -2.57. The summed E-state index contributed by atoms with van der Waals surface area (Å²) in [4.78, 5) is 12.2. The van der Waals surface area contributed by atoms with Crippen molar-refractivity contribution in [3.8, 4) is 6.07 Å². The predicted octanol–water partition coefficient (Wildman–Crippen LogP) is 1.85. The number of carbonyl (C=O) groups is 1. The van der Waals surface area contributed by atoms with Crippen molar-refractivity contribution in [1.82, 2.24) is 5.32 Å². The molecule has 5 heteroatoms. The molecule has 118 valence electrons. The van der Waals surface area contributed by atoms with Crippen molar-refractivity contribution in [2.45, 2.75) is 38.9 Å². The molecule has 0 saturated heterocycles. The Hall–Kier alpha value is -1.90. The molecule has 0 unspecified atom stereocenters. The number of rotatable bonds is 5. The monoisotopic (exact) mass is 302 g/mol. The first kappa shape index (κ1) is 16.5. The Morgan fingerprint density at radius 2 is 2.27 bits per heavy atom. The molecule has 1 aliphatic rings. The Morgan fingerprint density at radius 3 is 2.86 bits per heavy atom. The van der Waals surface area contributed by atoms with Gasteiger partial charge in [-0.25, -0.2) is 0 Å². The smallest absolute Gasteiger partial charge is 0.251 e. The van der Waals surface area contributed by atoms with Gasteiger partial charge in [-0.3, -0.25) is 4.79 Å².